The van der Waals surface area contributed by atoms with Gasteiger partial charge in [-0.3, -0.25) is 19.5 Å². The van der Waals surface area contributed by atoms with Crippen molar-refractivity contribution in [2.75, 3.05) is 6.61 Å². The van der Waals surface area contributed by atoms with Crippen LogP contribution in [0, 0.1) is 22.9 Å². The van der Waals surface area contributed by atoms with E-state index in [2.05, 4.69) is 4.99 Å². The molecule has 1 aliphatic heterocycles. The largest absolute Gasteiger partial charge is 0.463 e. The number of aryl methyl sites for hydroxylation is 1. The lowest BCUT2D eigenvalue weighted by Gasteiger charge is -2.24. The average Bonchev–Trinajstić information content (AvgIpc) is 3.48. The molecule has 0 saturated carbocycles. The highest BCUT2D eigenvalue weighted by Gasteiger charge is 2.33. The normalized spacial score (nSPS) is 15.2. The minimum absolute atomic E-state index is 0.0210. The number of ether oxygens (including phenoxy) is 1. The summed E-state index contributed by atoms with van der Waals surface area (Å²) >= 11 is 1.12. The van der Waals surface area contributed by atoms with Crippen LogP contribution in [0.1, 0.15) is 36.8 Å². The van der Waals surface area contributed by atoms with E-state index in [1.807, 2.05) is 0 Å². The molecule has 39 heavy (non-hydrogen) atoms. The van der Waals surface area contributed by atoms with Crippen LogP contribution < -0.4 is 14.9 Å². The molecule has 2 aromatic heterocycles. The number of aromatic nitrogens is 1. The van der Waals surface area contributed by atoms with Crippen LogP contribution in [0.5, 0.6) is 0 Å². The van der Waals surface area contributed by atoms with Crippen molar-refractivity contribution in [2.24, 2.45) is 4.99 Å². The summed E-state index contributed by atoms with van der Waals surface area (Å²) in [7, 11) is 0. The van der Waals surface area contributed by atoms with Crippen molar-refractivity contribution >= 4 is 29.1 Å². The van der Waals surface area contributed by atoms with E-state index >= 15 is 0 Å². The zero-order valence-electron chi connectivity index (χ0n) is 21.1. The highest BCUT2D eigenvalue weighted by molar-refractivity contribution is 7.07. The first kappa shape index (κ1) is 26.0. The van der Waals surface area contributed by atoms with Gasteiger partial charge in [0, 0.05) is 23.3 Å². The number of benzene rings is 2. The molecular weight excluding hydrogens is 525 g/mol. The van der Waals surface area contributed by atoms with E-state index in [4.69, 9.17) is 9.15 Å². The lowest BCUT2D eigenvalue weighted by molar-refractivity contribution is -0.385. The van der Waals surface area contributed by atoms with Crippen molar-refractivity contribution in [1.82, 2.24) is 4.57 Å². The van der Waals surface area contributed by atoms with E-state index in [9.17, 15) is 24.1 Å². The second-order valence-electron chi connectivity index (χ2n) is 8.81. The summed E-state index contributed by atoms with van der Waals surface area (Å²) in [6, 6.07) is 12.9. The number of hydrogen-bond acceptors (Lipinski definition) is 8. The molecule has 0 spiro atoms. The highest BCUT2D eigenvalue weighted by Crippen LogP contribution is 2.31. The molecule has 0 radical (unpaired) electrons. The van der Waals surface area contributed by atoms with Gasteiger partial charge in [-0.05, 0) is 50.6 Å². The molecule has 198 valence electrons. The number of fused-ring (bicyclic) bond motifs is 1. The molecule has 0 saturated heterocycles. The van der Waals surface area contributed by atoms with E-state index < -0.39 is 28.3 Å². The third-order valence-electron chi connectivity index (χ3n) is 6.29. The number of allylic oxidation sites excluding steroid dienone is 1. The lowest BCUT2D eigenvalue weighted by atomic mass is 9.96. The number of carbonyl (C=O) groups is 1. The van der Waals surface area contributed by atoms with Gasteiger partial charge in [-0.2, -0.15) is 0 Å². The second-order valence-corrected chi connectivity index (χ2v) is 9.82. The third-order valence-corrected chi connectivity index (χ3v) is 7.28. The molecule has 9 nitrogen and oxygen atoms in total. The molecule has 1 aliphatic rings. The van der Waals surface area contributed by atoms with Gasteiger partial charge in [-0.15, -0.1) is 0 Å². The van der Waals surface area contributed by atoms with Gasteiger partial charge in [0.1, 0.15) is 17.3 Å². The molecule has 0 amide bonds. The molecule has 5 rings (SSSR count). The average molecular weight is 548 g/mol. The maximum atomic E-state index is 13.7. The summed E-state index contributed by atoms with van der Waals surface area (Å²) in [4.78, 5) is 42.3. The summed E-state index contributed by atoms with van der Waals surface area (Å²) in [5.74, 6) is -0.290. The number of furan rings is 1. The van der Waals surface area contributed by atoms with E-state index in [1.54, 1.807) is 51.1 Å². The predicted molar refractivity (Wildman–Crippen MR) is 142 cm³/mol. The van der Waals surface area contributed by atoms with Gasteiger partial charge in [-0.25, -0.2) is 14.2 Å². The number of hydrogen-bond donors (Lipinski definition) is 0. The number of nitro groups is 1. The quantitative estimate of drug-likeness (QED) is 0.201. The van der Waals surface area contributed by atoms with E-state index in [1.165, 1.54) is 34.9 Å². The molecule has 11 heteroatoms. The number of thiazole rings is 1. The number of carbonyl (C=O) groups excluding carboxylic acids is 1. The Kier molecular flexibility index (Phi) is 6.83. The molecule has 3 heterocycles. The van der Waals surface area contributed by atoms with Crippen LogP contribution >= 0.6 is 11.3 Å². The molecule has 0 N–H and O–H groups in total. The standard InChI is InChI=1S/C28H22FN3O6S/c1-4-37-27(34)24-16(3)30-28-31(25(24)17-7-9-19(29)10-8-17)26(33)23(39-28)14-20-11-12-22(38-20)18-6-5-15(2)21(13-18)32(35)36/h5-14,25H,4H2,1-3H3/b23-14+/t25-/m1/s1. The Morgan fingerprint density at radius 1 is 1.21 bits per heavy atom. The molecule has 1 atom stereocenters. The van der Waals surface area contributed by atoms with Crippen molar-refractivity contribution in [3.63, 3.8) is 0 Å². The van der Waals surface area contributed by atoms with Crippen LogP contribution in [0.2, 0.25) is 0 Å². The van der Waals surface area contributed by atoms with Gasteiger partial charge in [0.15, 0.2) is 4.80 Å². The maximum Gasteiger partial charge on any atom is 0.338 e. The molecule has 0 bridgehead atoms. The predicted octanol–water partition coefficient (Wildman–Crippen LogP) is 4.41. The van der Waals surface area contributed by atoms with Crippen LogP contribution in [0.3, 0.4) is 0 Å². The minimum Gasteiger partial charge on any atom is -0.463 e. The van der Waals surface area contributed by atoms with Crippen LogP contribution in [0.4, 0.5) is 10.1 Å². The Balaban J connectivity index is 1.61. The fraction of sp³-hybridized carbons (Fsp3) is 0.179. The summed E-state index contributed by atoms with van der Waals surface area (Å²) in [6.45, 7) is 5.15. The minimum atomic E-state index is -0.858. The molecular formula is C28H22FN3O6S. The molecule has 4 aromatic rings. The lowest BCUT2D eigenvalue weighted by Crippen LogP contribution is -2.39. The van der Waals surface area contributed by atoms with Crippen LogP contribution in [0.25, 0.3) is 17.4 Å². The maximum absolute atomic E-state index is 13.7. The Hall–Kier alpha value is -4.64. The zero-order valence-corrected chi connectivity index (χ0v) is 22.0. The Morgan fingerprint density at radius 2 is 1.95 bits per heavy atom. The molecule has 0 unspecified atom stereocenters. The van der Waals surface area contributed by atoms with Crippen molar-refractivity contribution in [1.29, 1.82) is 0 Å². The first-order chi connectivity index (χ1) is 18.7. The van der Waals surface area contributed by atoms with Crippen molar-refractivity contribution in [3.8, 4) is 11.3 Å². The number of nitrogens with zero attached hydrogens (tertiary/aromatic N) is 3. The van der Waals surface area contributed by atoms with Gasteiger partial charge in [0.05, 0.1) is 33.4 Å². The molecule has 0 aliphatic carbocycles. The SMILES string of the molecule is CCOC(=O)C1=C(C)N=c2s/c(=C/c3ccc(-c4ccc(C)c([N+](=O)[O-])c4)o3)c(=O)n2[C@@H]1c1ccc(F)cc1. The smallest absolute Gasteiger partial charge is 0.338 e. The van der Waals surface area contributed by atoms with Gasteiger partial charge in [0.2, 0.25) is 0 Å². The van der Waals surface area contributed by atoms with Crippen LogP contribution in [-0.2, 0) is 9.53 Å². The van der Waals surface area contributed by atoms with Gasteiger partial charge >= 0.3 is 5.97 Å². The number of nitro benzene ring substituents is 1. The summed E-state index contributed by atoms with van der Waals surface area (Å²) < 4.78 is 26.5. The topological polar surface area (TPSA) is 117 Å². The van der Waals surface area contributed by atoms with Crippen molar-refractivity contribution in [2.45, 2.75) is 26.8 Å². The fourth-order valence-corrected chi connectivity index (χ4v) is 5.45. The molecule has 2 aromatic carbocycles. The Morgan fingerprint density at radius 3 is 2.64 bits per heavy atom. The van der Waals surface area contributed by atoms with E-state index in [-0.39, 0.29) is 17.9 Å². The van der Waals surface area contributed by atoms with E-state index in [0.29, 0.717) is 43.2 Å². The molecule has 0 fully saturated rings. The second kappa shape index (κ2) is 10.3. The first-order valence-corrected chi connectivity index (χ1v) is 12.8. The van der Waals surface area contributed by atoms with Gasteiger partial charge in [0.25, 0.3) is 11.2 Å². The Labute approximate surface area is 225 Å². The van der Waals surface area contributed by atoms with E-state index in [0.717, 1.165) is 11.3 Å². The van der Waals surface area contributed by atoms with Crippen molar-refractivity contribution in [3.05, 3.63) is 118 Å². The summed E-state index contributed by atoms with van der Waals surface area (Å²) in [5, 5.41) is 11.3. The van der Waals surface area contributed by atoms with Gasteiger partial charge in [-0.1, -0.05) is 35.6 Å². The van der Waals surface area contributed by atoms with Crippen LogP contribution in [0.15, 0.2) is 80.1 Å². The third kappa shape index (κ3) is 4.84. The van der Waals surface area contributed by atoms with Gasteiger partial charge < -0.3 is 9.15 Å². The number of rotatable bonds is 6. The first-order valence-electron chi connectivity index (χ1n) is 12.0. The summed E-state index contributed by atoms with van der Waals surface area (Å²) in [6.07, 6.45) is 1.56. The number of halogens is 1. The van der Waals surface area contributed by atoms with Crippen LogP contribution in [-0.4, -0.2) is 22.1 Å². The van der Waals surface area contributed by atoms with Crippen molar-refractivity contribution < 1.29 is 23.3 Å². The zero-order chi connectivity index (χ0) is 27.8. The fourth-order valence-electron chi connectivity index (χ4n) is 4.43. The highest BCUT2D eigenvalue weighted by atomic mass is 32.1. The number of esters is 1. The Bertz CT molecular complexity index is 1830. The monoisotopic (exact) mass is 547 g/mol. The summed E-state index contributed by atoms with van der Waals surface area (Å²) in [5.41, 5.74) is 1.76.